The molecule has 1 amide bonds. The first kappa shape index (κ1) is 13.2. The number of nitrogens with zero attached hydrogens (tertiary/aromatic N) is 1. The molecule has 0 saturated carbocycles. The molecule has 4 nitrogen and oxygen atoms in total. The predicted octanol–water partition coefficient (Wildman–Crippen LogP) is 1.42. The minimum atomic E-state index is -0.581. The van der Waals surface area contributed by atoms with E-state index >= 15 is 0 Å². The van der Waals surface area contributed by atoms with Crippen LogP contribution in [-0.4, -0.2) is 36.2 Å². The van der Waals surface area contributed by atoms with E-state index in [1.807, 2.05) is 30.0 Å². The van der Waals surface area contributed by atoms with Crippen molar-refractivity contribution >= 4 is 23.2 Å². The van der Waals surface area contributed by atoms with E-state index in [1.54, 1.807) is 6.07 Å². The minimum absolute atomic E-state index is 0.140. The number of hydrogen-bond acceptors (Lipinski definition) is 3. The first-order valence-corrected chi connectivity index (χ1v) is 6.44. The van der Waals surface area contributed by atoms with Gasteiger partial charge in [0.2, 0.25) is 5.91 Å². The highest BCUT2D eigenvalue weighted by molar-refractivity contribution is 6.33. The summed E-state index contributed by atoms with van der Waals surface area (Å²) in [6.07, 6.45) is 0.827. The third-order valence-corrected chi connectivity index (χ3v) is 3.60. The molecule has 0 aromatic heterocycles. The summed E-state index contributed by atoms with van der Waals surface area (Å²) in [7, 11) is 0. The van der Waals surface area contributed by atoms with Crippen molar-refractivity contribution in [3.8, 4) is 0 Å². The van der Waals surface area contributed by atoms with Crippen LogP contribution < -0.4 is 10.2 Å². The number of rotatable bonds is 2. The van der Waals surface area contributed by atoms with Crippen LogP contribution in [0, 0.1) is 0 Å². The fourth-order valence-corrected chi connectivity index (χ4v) is 2.57. The molecule has 2 N–H and O–H groups in total. The molecule has 1 fully saturated rings. The predicted molar refractivity (Wildman–Crippen MR) is 71.9 cm³/mol. The van der Waals surface area contributed by atoms with Gasteiger partial charge in [0.15, 0.2) is 0 Å². The number of carbonyl (C=O) groups is 1. The highest BCUT2D eigenvalue weighted by Gasteiger charge is 2.32. The lowest BCUT2D eigenvalue weighted by Gasteiger charge is -2.34. The summed E-state index contributed by atoms with van der Waals surface area (Å²) in [4.78, 5) is 13.8. The molecule has 1 aliphatic heterocycles. The molecule has 1 heterocycles. The van der Waals surface area contributed by atoms with E-state index in [4.69, 9.17) is 11.6 Å². The van der Waals surface area contributed by atoms with E-state index in [9.17, 15) is 9.90 Å². The summed E-state index contributed by atoms with van der Waals surface area (Å²) >= 11 is 6.19. The number of hydrogen-bond donors (Lipinski definition) is 2. The molecule has 0 aliphatic carbocycles. The number of amides is 1. The number of aliphatic hydroxyl groups is 1. The van der Waals surface area contributed by atoms with Crippen molar-refractivity contribution in [1.29, 1.82) is 0 Å². The van der Waals surface area contributed by atoms with E-state index in [0.29, 0.717) is 11.6 Å². The van der Waals surface area contributed by atoms with E-state index < -0.39 is 6.04 Å². The van der Waals surface area contributed by atoms with Gasteiger partial charge in [-0.3, -0.25) is 4.79 Å². The van der Waals surface area contributed by atoms with E-state index in [1.165, 1.54) is 0 Å². The zero-order chi connectivity index (χ0) is 13.1. The zero-order valence-electron chi connectivity index (χ0n) is 10.3. The molecule has 1 aromatic rings. The van der Waals surface area contributed by atoms with Gasteiger partial charge < -0.3 is 15.3 Å². The van der Waals surface area contributed by atoms with Crippen LogP contribution >= 0.6 is 11.6 Å². The monoisotopic (exact) mass is 268 g/mol. The lowest BCUT2D eigenvalue weighted by molar-refractivity contribution is -0.122. The smallest absolute Gasteiger partial charge is 0.245 e. The molecule has 0 radical (unpaired) electrons. The second kappa shape index (κ2) is 5.59. The van der Waals surface area contributed by atoms with E-state index in [0.717, 1.165) is 12.1 Å². The Morgan fingerprint density at radius 1 is 1.50 bits per heavy atom. The van der Waals surface area contributed by atoms with Gasteiger partial charge in [-0.05, 0) is 25.5 Å². The number of anilines is 1. The quantitative estimate of drug-likeness (QED) is 0.853. The highest BCUT2D eigenvalue weighted by atomic mass is 35.5. The molecular formula is C13H17ClN2O2. The number of para-hydroxylation sites is 1. The first-order chi connectivity index (χ1) is 8.65. The summed E-state index contributed by atoms with van der Waals surface area (Å²) in [5, 5.41) is 12.9. The van der Waals surface area contributed by atoms with Gasteiger partial charge in [0.1, 0.15) is 6.04 Å². The van der Waals surface area contributed by atoms with E-state index in [-0.39, 0.29) is 18.6 Å². The van der Waals surface area contributed by atoms with Crippen molar-refractivity contribution < 1.29 is 9.90 Å². The Labute approximate surface area is 112 Å². The molecule has 5 heteroatoms. The van der Waals surface area contributed by atoms with Gasteiger partial charge in [0, 0.05) is 12.6 Å². The van der Waals surface area contributed by atoms with Crippen LogP contribution in [0.25, 0.3) is 0 Å². The second-order valence-corrected chi connectivity index (χ2v) is 4.89. The minimum Gasteiger partial charge on any atom is -0.394 e. The Morgan fingerprint density at radius 2 is 2.22 bits per heavy atom. The Morgan fingerprint density at radius 3 is 2.89 bits per heavy atom. The van der Waals surface area contributed by atoms with Crippen LogP contribution in [0.1, 0.15) is 13.3 Å². The van der Waals surface area contributed by atoms with Crippen molar-refractivity contribution in [2.45, 2.75) is 25.4 Å². The number of halogens is 1. The fraction of sp³-hybridized carbons (Fsp3) is 0.462. The molecule has 98 valence electrons. The molecule has 1 saturated heterocycles. The highest BCUT2D eigenvalue weighted by Crippen LogP contribution is 2.30. The van der Waals surface area contributed by atoms with Crippen molar-refractivity contribution in [3.63, 3.8) is 0 Å². The zero-order valence-corrected chi connectivity index (χ0v) is 11.0. The van der Waals surface area contributed by atoms with Crippen LogP contribution in [0.4, 0.5) is 5.69 Å². The first-order valence-electron chi connectivity index (χ1n) is 6.06. The van der Waals surface area contributed by atoms with Crippen LogP contribution in [0.3, 0.4) is 0 Å². The summed E-state index contributed by atoms with van der Waals surface area (Å²) in [6, 6.07) is 6.96. The summed E-state index contributed by atoms with van der Waals surface area (Å²) in [5.41, 5.74) is 0.794. The molecule has 0 bridgehead atoms. The largest absolute Gasteiger partial charge is 0.394 e. The Balaban J connectivity index is 2.42. The van der Waals surface area contributed by atoms with Crippen molar-refractivity contribution in [2.24, 2.45) is 0 Å². The summed E-state index contributed by atoms with van der Waals surface area (Å²) in [5.74, 6) is -0.151. The molecule has 1 aromatic carbocycles. The van der Waals surface area contributed by atoms with Gasteiger partial charge in [0.25, 0.3) is 0 Å². The van der Waals surface area contributed by atoms with Crippen molar-refractivity contribution in [3.05, 3.63) is 29.3 Å². The normalized spacial score (nSPS) is 24.6. The topological polar surface area (TPSA) is 52.6 Å². The van der Waals surface area contributed by atoms with Crippen LogP contribution in [0.5, 0.6) is 0 Å². The molecule has 1 aliphatic rings. The van der Waals surface area contributed by atoms with Crippen LogP contribution in [-0.2, 0) is 4.79 Å². The molecule has 2 rings (SSSR count). The molecular weight excluding hydrogens is 252 g/mol. The van der Waals surface area contributed by atoms with Crippen LogP contribution in [0.2, 0.25) is 5.02 Å². The number of benzene rings is 1. The molecule has 18 heavy (non-hydrogen) atoms. The fourth-order valence-electron chi connectivity index (χ4n) is 2.33. The van der Waals surface area contributed by atoms with Gasteiger partial charge >= 0.3 is 0 Å². The van der Waals surface area contributed by atoms with Gasteiger partial charge in [-0.1, -0.05) is 23.7 Å². The third kappa shape index (κ3) is 2.44. The maximum atomic E-state index is 11.9. The molecule has 2 atom stereocenters. The van der Waals surface area contributed by atoms with Crippen LogP contribution in [0.15, 0.2) is 24.3 Å². The average Bonchev–Trinajstić information content (AvgIpc) is 2.49. The lowest BCUT2D eigenvalue weighted by Crippen LogP contribution is -2.49. The Kier molecular flexibility index (Phi) is 4.09. The van der Waals surface area contributed by atoms with Crippen molar-refractivity contribution in [1.82, 2.24) is 5.32 Å². The van der Waals surface area contributed by atoms with Gasteiger partial charge in [-0.25, -0.2) is 0 Å². The average molecular weight is 269 g/mol. The van der Waals surface area contributed by atoms with Gasteiger partial charge in [-0.15, -0.1) is 0 Å². The standard InChI is InChI=1S/C13H17ClN2O2/c1-9-6-7-15-13(18)12(8-17)16(9)11-5-3-2-4-10(11)14/h2-5,9,12,17H,6-8H2,1H3,(H,15,18). The number of aliphatic hydroxyl groups excluding tert-OH is 1. The number of nitrogens with one attached hydrogen (secondary N) is 1. The molecule has 2 unspecified atom stereocenters. The third-order valence-electron chi connectivity index (χ3n) is 3.28. The molecule has 0 spiro atoms. The second-order valence-electron chi connectivity index (χ2n) is 4.49. The summed E-state index contributed by atoms with van der Waals surface area (Å²) < 4.78 is 0. The lowest BCUT2D eigenvalue weighted by atomic mass is 10.1. The Bertz CT molecular complexity index is 439. The maximum absolute atomic E-state index is 11.9. The van der Waals surface area contributed by atoms with Gasteiger partial charge in [-0.2, -0.15) is 0 Å². The van der Waals surface area contributed by atoms with Crippen molar-refractivity contribution in [2.75, 3.05) is 18.1 Å². The Hall–Kier alpha value is -1.26. The van der Waals surface area contributed by atoms with Gasteiger partial charge in [0.05, 0.1) is 17.3 Å². The van der Waals surface area contributed by atoms with E-state index in [2.05, 4.69) is 5.32 Å². The summed E-state index contributed by atoms with van der Waals surface area (Å²) in [6.45, 7) is 2.44. The number of carbonyl (C=O) groups excluding carboxylic acids is 1. The SMILES string of the molecule is CC1CCNC(=O)C(CO)N1c1ccccc1Cl. The maximum Gasteiger partial charge on any atom is 0.245 e.